The van der Waals surface area contributed by atoms with Crippen LogP contribution in [-0.4, -0.2) is 33.7 Å². The van der Waals surface area contributed by atoms with E-state index in [1.54, 1.807) is 19.1 Å². The lowest BCUT2D eigenvalue weighted by Crippen LogP contribution is -2.14. The Bertz CT molecular complexity index is 481. The number of rotatable bonds is 5. The van der Waals surface area contributed by atoms with E-state index in [0.29, 0.717) is 4.90 Å². The molecule has 0 saturated heterocycles. The highest BCUT2D eigenvalue weighted by Crippen LogP contribution is 2.24. The number of hydrogen-bond acceptors (Lipinski definition) is 4. The quantitative estimate of drug-likeness (QED) is 0.469. The monoisotopic (exact) mass is 254 g/mol. The minimum absolute atomic E-state index is 0.0313. The average Bonchev–Trinajstić information content (AvgIpc) is 2.26. The smallest absolute Gasteiger partial charge is 0.377 e. The first-order valence-corrected chi connectivity index (χ1v) is 5.63. The van der Waals surface area contributed by atoms with Crippen LogP contribution in [0.2, 0.25) is 0 Å². The van der Waals surface area contributed by atoms with Crippen LogP contribution in [0, 0.1) is 6.92 Å². The number of benzene rings is 1. The van der Waals surface area contributed by atoms with Crippen LogP contribution in [0.5, 0.6) is 0 Å². The Morgan fingerprint density at radius 3 is 2.41 bits per heavy atom. The highest BCUT2D eigenvalue weighted by Gasteiger charge is 2.19. The Morgan fingerprint density at radius 1 is 1.24 bits per heavy atom. The summed E-state index contributed by atoms with van der Waals surface area (Å²) in [5, 5.41) is 17.2. The van der Waals surface area contributed by atoms with Gasteiger partial charge < -0.3 is 10.2 Å². The summed E-state index contributed by atoms with van der Waals surface area (Å²) in [4.78, 5) is 32.8. The fourth-order valence-corrected chi connectivity index (χ4v) is 1.95. The molecule has 0 bridgehead atoms. The maximum Gasteiger partial charge on any atom is 0.377 e. The molecule has 0 heterocycles. The van der Waals surface area contributed by atoms with E-state index in [-0.39, 0.29) is 11.3 Å². The van der Waals surface area contributed by atoms with Gasteiger partial charge in [0.2, 0.25) is 0 Å². The molecule has 6 heteroatoms. The van der Waals surface area contributed by atoms with Crippen LogP contribution in [0.1, 0.15) is 15.9 Å². The minimum Gasteiger partial charge on any atom is -0.481 e. The van der Waals surface area contributed by atoms with Gasteiger partial charge >= 0.3 is 11.9 Å². The molecule has 1 rings (SSSR count). The second-order valence-corrected chi connectivity index (χ2v) is 4.33. The van der Waals surface area contributed by atoms with Gasteiger partial charge in [-0.1, -0.05) is 11.6 Å². The van der Waals surface area contributed by atoms with Crippen LogP contribution in [0.3, 0.4) is 0 Å². The van der Waals surface area contributed by atoms with E-state index in [1.165, 1.54) is 6.07 Å². The van der Waals surface area contributed by atoms with Crippen molar-refractivity contribution in [3.63, 3.8) is 0 Å². The van der Waals surface area contributed by atoms with Crippen molar-refractivity contribution >= 4 is 29.5 Å². The summed E-state index contributed by atoms with van der Waals surface area (Å²) in [7, 11) is 0. The van der Waals surface area contributed by atoms with Gasteiger partial charge in [0.1, 0.15) is 0 Å². The number of carbonyl (C=O) groups is 3. The Labute approximate surface area is 101 Å². The summed E-state index contributed by atoms with van der Waals surface area (Å²) in [5.41, 5.74) is 0.776. The van der Waals surface area contributed by atoms with Gasteiger partial charge in [-0.25, -0.2) is 4.79 Å². The molecule has 0 aliphatic rings. The normalized spacial score (nSPS) is 9.94. The molecule has 0 amide bonds. The standard InChI is InChI=1S/C11H10O5S/c1-6-2-3-8(17-5-9(12)13)7(4-6)10(14)11(15)16/h2-4H,5H2,1H3,(H,12,13)(H,15,16). The second-order valence-electron chi connectivity index (χ2n) is 3.32. The van der Waals surface area contributed by atoms with Crippen LogP contribution < -0.4 is 0 Å². The highest BCUT2D eigenvalue weighted by molar-refractivity contribution is 8.00. The third-order valence-electron chi connectivity index (χ3n) is 1.93. The van der Waals surface area contributed by atoms with E-state index in [2.05, 4.69) is 0 Å². The molecular weight excluding hydrogens is 244 g/mol. The summed E-state index contributed by atoms with van der Waals surface area (Å²) >= 11 is 0.926. The third-order valence-corrected chi connectivity index (χ3v) is 2.98. The molecule has 90 valence electrons. The number of Topliss-reactive ketones (excluding diaryl/α,β-unsaturated/α-hetero) is 1. The van der Waals surface area contributed by atoms with Crippen molar-refractivity contribution in [2.45, 2.75) is 11.8 Å². The number of thioether (sulfide) groups is 1. The number of aryl methyl sites for hydroxylation is 1. The Kier molecular flexibility index (Phi) is 4.28. The van der Waals surface area contributed by atoms with Gasteiger partial charge in [-0.2, -0.15) is 0 Å². The van der Waals surface area contributed by atoms with E-state index in [1.807, 2.05) is 0 Å². The predicted molar refractivity (Wildman–Crippen MR) is 61.5 cm³/mol. The fraction of sp³-hybridized carbons (Fsp3) is 0.182. The van der Waals surface area contributed by atoms with Gasteiger partial charge in [0.15, 0.2) is 0 Å². The minimum atomic E-state index is -1.55. The predicted octanol–water partition coefficient (Wildman–Crippen LogP) is 1.44. The molecule has 5 nitrogen and oxygen atoms in total. The van der Waals surface area contributed by atoms with Crippen LogP contribution >= 0.6 is 11.8 Å². The van der Waals surface area contributed by atoms with Crippen molar-refractivity contribution < 1.29 is 24.6 Å². The van der Waals surface area contributed by atoms with Gasteiger partial charge in [0.25, 0.3) is 5.78 Å². The Morgan fingerprint density at radius 2 is 1.88 bits per heavy atom. The molecule has 0 atom stereocenters. The fourth-order valence-electron chi connectivity index (χ4n) is 1.20. The van der Waals surface area contributed by atoms with Gasteiger partial charge in [-0.3, -0.25) is 9.59 Å². The molecular formula is C11H10O5S. The SMILES string of the molecule is Cc1ccc(SCC(=O)O)c(C(=O)C(=O)O)c1. The van der Waals surface area contributed by atoms with Crippen LogP contribution in [0.15, 0.2) is 23.1 Å². The summed E-state index contributed by atoms with van der Waals surface area (Å²) < 4.78 is 0. The van der Waals surface area contributed by atoms with Crippen LogP contribution in [0.25, 0.3) is 0 Å². The molecule has 0 radical (unpaired) electrons. The largest absolute Gasteiger partial charge is 0.481 e. The van der Waals surface area contributed by atoms with E-state index in [4.69, 9.17) is 10.2 Å². The van der Waals surface area contributed by atoms with Gasteiger partial charge in [-0.05, 0) is 19.1 Å². The number of carboxylic acids is 2. The lowest BCUT2D eigenvalue weighted by atomic mass is 10.1. The topological polar surface area (TPSA) is 91.7 Å². The van der Waals surface area contributed by atoms with Crippen molar-refractivity contribution in [3.05, 3.63) is 29.3 Å². The van der Waals surface area contributed by atoms with Gasteiger partial charge in [-0.15, -0.1) is 11.8 Å². The number of aliphatic carboxylic acids is 2. The van der Waals surface area contributed by atoms with Crippen molar-refractivity contribution in [2.24, 2.45) is 0 Å². The maximum absolute atomic E-state index is 11.4. The summed E-state index contributed by atoms with van der Waals surface area (Å²) in [5.74, 6) is -3.82. The number of ketones is 1. The van der Waals surface area contributed by atoms with E-state index >= 15 is 0 Å². The van der Waals surface area contributed by atoms with Crippen molar-refractivity contribution in [3.8, 4) is 0 Å². The molecule has 0 spiro atoms. The first-order chi connectivity index (χ1) is 7.91. The molecule has 0 aromatic heterocycles. The number of carbonyl (C=O) groups excluding carboxylic acids is 1. The van der Waals surface area contributed by atoms with Gasteiger partial charge in [0.05, 0.1) is 5.75 Å². The molecule has 0 aliphatic heterocycles. The van der Waals surface area contributed by atoms with Crippen molar-refractivity contribution in [2.75, 3.05) is 5.75 Å². The zero-order chi connectivity index (χ0) is 13.0. The molecule has 17 heavy (non-hydrogen) atoms. The number of hydrogen-bond donors (Lipinski definition) is 2. The van der Waals surface area contributed by atoms with Gasteiger partial charge in [0, 0.05) is 10.5 Å². The molecule has 0 saturated carbocycles. The Hall–Kier alpha value is -1.82. The second kappa shape index (κ2) is 5.49. The highest BCUT2D eigenvalue weighted by atomic mass is 32.2. The van der Waals surface area contributed by atoms with Crippen molar-refractivity contribution in [1.29, 1.82) is 0 Å². The van der Waals surface area contributed by atoms with E-state index in [9.17, 15) is 14.4 Å². The zero-order valence-electron chi connectivity index (χ0n) is 8.97. The van der Waals surface area contributed by atoms with Crippen molar-refractivity contribution in [1.82, 2.24) is 0 Å². The maximum atomic E-state index is 11.4. The van der Waals surface area contributed by atoms with E-state index in [0.717, 1.165) is 17.3 Å². The molecule has 2 N–H and O–H groups in total. The van der Waals surface area contributed by atoms with Crippen LogP contribution in [-0.2, 0) is 9.59 Å². The summed E-state index contributed by atoms with van der Waals surface area (Å²) in [6.07, 6.45) is 0. The van der Waals surface area contributed by atoms with Crippen LogP contribution in [0.4, 0.5) is 0 Å². The Balaban J connectivity index is 3.07. The molecule has 0 unspecified atom stereocenters. The third kappa shape index (κ3) is 3.60. The average molecular weight is 254 g/mol. The first-order valence-electron chi connectivity index (χ1n) is 4.64. The lowest BCUT2D eigenvalue weighted by molar-refractivity contribution is -0.134. The zero-order valence-corrected chi connectivity index (χ0v) is 9.78. The van der Waals surface area contributed by atoms with E-state index < -0.39 is 17.7 Å². The number of carboxylic acid groups (broad SMARTS) is 2. The first kappa shape index (κ1) is 13.2. The molecule has 0 aliphatic carbocycles. The molecule has 1 aromatic rings. The molecule has 0 fully saturated rings. The summed E-state index contributed by atoms with van der Waals surface area (Å²) in [6.45, 7) is 1.73. The summed E-state index contributed by atoms with van der Waals surface area (Å²) in [6, 6.07) is 4.70. The molecule has 1 aromatic carbocycles. The lowest BCUT2D eigenvalue weighted by Gasteiger charge is -2.06.